The van der Waals surface area contributed by atoms with Crippen LogP contribution in [0.1, 0.15) is 29.3 Å². The van der Waals surface area contributed by atoms with Gasteiger partial charge in [0.25, 0.3) is 0 Å². The number of nitrogens with one attached hydrogen (secondary N) is 1. The SMILES string of the molecule is CC(=O)Nc1ccc2c(c1)C[C@@H](CC(=O)O)C2=O. The monoisotopic (exact) mass is 247 g/mol. The summed E-state index contributed by atoms with van der Waals surface area (Å²) in [7, 11) is 0. The van der Waals surface area contributed by atoms with Gasteiger partial charge in [0, 0.05) is 24.1 Å². The van der Waals surface area contributed by atoms with E-state index < -0.39 is 11.9 Å². The van der Waals surface area contributed by atoms with E-state index in [0.29, 0.717) is 17.7 Å². The van der Waals surface area contributed by atoms with Gasteiger partial charge in [0.2, 0.25) is 5.91 Å². The van der Waals surface area contributed by atoms with Crippen LogP contribution in [0.4, 0.5) is 5.69 Å². The van der Waals surface area contributed by atoms with Gasteiger partial charge < -0.3 is 10.4 Å². The van der Waals surface area contributed by atoms with Crippen LogP contribution >= 0.6 is 0 Å². The number of carbonyl (C=O) groups is 3. The number of Topliss-reactive ketones (excluding diaryl/α,β-unsaturated/α-hetero) is 1. The largest absolute Gasteiger partial charge is 0.481 e. The molecule has 18 heavy (non-hydrogen) atoms. The van der Waals surface area contributed by atoms with E-state index in [1.54, 1.807) is 18.2 Å². The first-order valence-corrected chi connectivity index (χ1v) is 5.64. The molecule has 5 nitrogen and oxygen atoms in total. The van der Waals surface area contributed by atoms with Crippen molar-refractivity contribution < 1.29 is 19.5 Å². The summed E-state index contributed by atoms with van der Waals surface area (Å²) in [5.41, 5.74) is 2.00. The summed E-state index contributed by atoms with van der Waals surface area (Å²) in [5, 5.41) is 11.4. The molecule has 2 rings (SSSR count). The highest BCUT2D eigenvalue weighted by atomic mass is 16.4. The molecule has 1 aromatic carbocycles. The van der Waals surface area contributed by atoms with Crippen LogP contribution in [0, 0.1) is 5.92 Å². The summed E-state index contributed by atoms with van der Waals surface area (Å²) in [6.07, 6.45) is 0.275. The molecule has 0 aliphatic heterocycles. The number of hydrogen-bond donors (Lipinski definition) is 2. The second-order valence-electron chi connectivity index (χ2n) is 4.42. The molecule has 1 aliphatic carbocycles. The molecular formula is C13H13NO4. The van der Waals surface area contributed by atoms with Crippen LogP contribution in [0.15, 0.2) is 18.2 Å². The zero-order chi connectivity index (χ0) is 13.3. The van der Waals surface area contributed by atoms with Crippen molar-refractivity contribution in [1.82, 2.24) is 0 Å². The lowest BCUT2D eigenvalue weighted by molar-refractivity contribution is -0.137. The highest BCUT2D eigenvalue weighted by molar-refractivity contribution is 6.04. The normalized spacial score (nSPS) is 17.4. The fourth-order valence-electron chi connectivity index (χ4n) is 2.24. The summed E-state index contributed by atoms with van der Waals surface area (Å²) >= 11 is 0. The van der Waals surface area contributed by atoms with Gasteiger partial charge in [0.1, 0.15) is 0 Å². The lowest BCUT2D eigenvalue weighted by Crippen LogP contribution is -2.13. The van der Waals surface area contributed by atoms with Gasteiger partial charge in [-0.15, -0.1) is 0 Å². The molecule has 0 saturated heterocycles. The first-order valence-electron chi connectivity index (χ1n) is 5.64. The summed E-state index contributed by atoms with van der Waals surface area (Å²) < 4.78 is 0. The molecule has 1 amide bonds. The molecule has 0 spiro atoms. The molecule has 94 valence electrons. The van der Waals surface area contributed by atoms with Gasteiger partial charge in [-0.25, -0.2) is 0 Å². The molecule has 0 unspecified atom stereocenters. The number of rotatable bonds is 3. The molecule has 0 fully saturated rings. The Kier molecular flexibility index (Phi) is 3.14. The minimum Gasteiger partial charge on any atom is -0.481 e. The van der Waals surface area contributed by atoms with Crippen molar-refractivity contribution in [2.45, 2.75) is 19.8 Å². The van der Waals surface area contributed by atoms with Gasteiger partial charge in [0.15, 0.2) is 5.78 Å². The summed E-state index contributed by atoms with van der Waals surface area (Å²) in [5.74, 6) is -1.75. The van der Waals surface area contributed by atoms with Crippen molar-refractivity contribution in [3.05, 3.63) is 29.3 Å². The first-order chi connectivity index (χ1) is 8.47. The average molecular weight is 247 g/mol. The van der Waals surface area contributed by atoms with Gasteiger partial charge in [-0.2, -0.15) is 0 Å². The van der Waals surface area contributed by atoms with Gasteiger partial charge in [-0.3, -0.25) is 14.4 Å². The Morgan fingerprint density at radius 2 is 2.17 bits per heavy atom. The van der Waals surface area contributed by atoms with Crippen LogP contribution in [0.5, 0.6) is 0 Å². The Morgan fingerprint density at radius 3 is 2.78 bits per heavy atom. The van der Waals surface area contributed by atoms with E-state index in [9.17, 15) is 14.4 Å². The Bertz CT molecular complexity index is 536. The molecular weight excluding hydrogens is 234 g/mol. The standard InChI is InChI=1S/C13H13NO4/c1-7(15)14-10-2-3-11-8(5-10)4-9(13(11)18)6-12(16)17/h2-3,5,9H,4,6H2,1H3,(H,14,15)(H,16,17)/t9-/m0/s1. The topological polar surface area (TPSA) is 83.5 Å². The summed E-state index contributed by atoms with van der Waals surface area (Å²) in [6.45, 7) is 1.41. The van der Waals surface area contributed by atoms with E-state index in [1.165, 1.54) is 6.92 Å². The molecule has 0 aromatic heterocycles. The number of carboxylic acids is 1. The Labute approximate surface area is 104 Å². The third kappa shape index (κ3) is 2.40. The van der Waals surface area contributed by atoms with Crippen LogP contribution in [0.25, 0.3) is 0 Å². The predicted molar refractivity (Wildman–Crippen MR) is 64.5 cm³/mol. The zero-order valence-corrected chi connectivity index (χ0v) is 9.90. The van der Waals surface area contributed by atoms with E-state index in [1.807, 2.05) is 0 Å². The highest BCUT2D eigenvalue weighted by Crippen LogP contribution is 2.30. The number of ketones is 1. The van der Waals surface area contributed by atoms with E-state index in [0.717, 1.165) is 5.56 Å². The van der Waals surface area contributed by atoms with Crippen molar-refractivity contribution in [2.24, 2.45) is 5.92 Å². The maximum atomic E-state index is 11.9. The number of hydrogen-bond acceptors (Lipinski definition) is 3. The molecule has 1 aromatic rings. The lowest BCUT2D eigenvalue weighted by atomic mass is 10.0. The van der Waals surface area contributed by atoms with E-state index in [4.69, 9.17) is 5.11 Å². The maximum Gasteiger partial charge on any atom is 0.304 e. The van der Waals surface area contributed by atoms with Crippen molar-refractivity contribution in [1.29, 1.82) is 0 Å². The Balaban J connectivity index is 2.23. The second kappa shape index (κ2) is 4.60. The minimum atomic E-state index is -0.969. The van der Waals surface area contributed by atoms with Crippen molar-refractivity contribution >= 4 is 23.3 Å². The highest BCUT2D eigenvalue weighted by Gasteiger charge is 2.32. The molecule has 2 N–H and O–H groups in total. The Hall–Kier alpha value is -2.17. The lowest BCUT2D eigenvalue weighted by Gasteiger charge is -2.03. The van der Waals surface area contributed by atoms with E-state index in [2.05, 4.69) is 5.32 Å². The number of aliphatic carboxylic acids is 1. The molecule has 0 saturated carbocycles. The summed E-state index contributed by atoms with van der Waals surface area (Å²) in [4.78, 5) is 33.5. The molecule has 1 aliphatic rings. The van der Waals surface area contributed by atoms with E-state index in [-0.39, 0.29) is 18.1 Å². The molecule has 0 radical (unpaired) electrons. The quantitative estimate of drug-likeness (QED) is 0.847. The van der Waals surface area contributed by atoms with Crippen molar-refractivity contribution in [3.63, 3.8) is 0 Å². The van der Waals surface area contributed by atoms with Gasteiger partial charge >= 0.3 is 5.97 Å². The first kappa shape index (κ1) is 12.3. The number of benzene rings is 1. The minimum absolute atomic E-state index is 0.123. The Morgan fingerprint density at radius 1 is 1.44 bits per heavy atom. The average Bonchev–Trinajstić information content (AvgIpc) is 2.54. The van der Waals surface area contributed by atoms with Crippen molar-refractivity contribution in [3.8, 4) is 0 Å². The summed E-state index contributed by atoms with van der Waals surface area (Å²) in [6, 6.07) is 5.03. The number of fused-ring (bicyclic) bond motifs is 1. The molecule has 1 atom stereocenters. The van der Waals surface area contributed by atoms with Crippen LogP contribution in [-0.4, -0.2) is 22.8 Å². The number of carbonyl (C=O) groups excluding carboxylic acids is 2. The molecule has 5 heteroatoms. The molecule has 0 bridgehead atoms. The van der Waals surface area contributed by atoms with Gasteiger partial charge in [-0.1, -0.05) is 0 Å². The molecule has 0 heterocycles. The second-order valence-corrected chi connectivity index (χ2v) is 4.42. The number of carboxylic acid groups (broad SMARTS) is 1. The van der Waals surface area contributed by atoms with Crippen molar-refractivity contribution in [2.75, 3.05) is 5.32 Å². The maximum absolute atomic E-state index is 11.9. The van der Waals surface area contributed by atoms with Crippen LogP contribution < -0.4 is 5.32 Å². The van der Waals surface area contributed by atoms with Gasteiger partial charge in [0.05, 0.1) is 6.42 Å². The predicted octanol–water partition coefficient (Wildman–Crippen LogP) is 1.47. The van der Waals surface area contributed by atoms with E-state index >= 15 is 0 Å². The zero-order valence-electron chi connectivity index (χ0n) is 9.90. The van der Waals surface area contributed by atoms with Crippen LogP contribution in [0.2, 0.25) is 0 Å². The van der Waals surface area contributed by atoms with Crippen LogP contribution in [-0.2, 0) is 16.0 Å². The number of anilines is 1. The third-order valence-corrected chi connectivity index (χ3v) is 2.95. The van der Waals surface area contributed by atoms with Gasteiger partial charge in [-0.05, 0) is 30.2 Å². The van der Waals surface area contributed by atoms with Crippen LogP contribution in [0.3, 0.4) is 0 Å². The number of amides is 1. The fourth-order valence-corrected chi connectivity index (χ4v) is 2.24. The third-order valence-electron chi connectivity index (χ3n) is 2.95. The smallest absolute Gasteiger partial charge is 0.304 e. The fraction of sp³-hybridized carbons (Fsp3) is 0.308.